The summed E-state index contributed by atoms with van der Waals surface area (Å²) in [4.78, 5) is 35.0. The maximum Gasteiger partial charge on any atom is 0.407 e. The molecule has 2 aliphatic rings. The molecule has 0 saturated heterocycles. The van der Waals surface area contributed by atoms with E-state index in [-0.39, 0.29) is 30.3 Å². The lowest BCUT2D eigenvalue weighted by Crippen LogP contribution is -2.39. The van der Waals surface area contributed by atoms with E-state index in [1.165, 1.54) is 18.1 Å². The standard InChI is InChI=1S/C23H24N2O5/c1-13(22(27)28)25-21(26)19-10-14(19)11-24-23(29)30-12-20-17-8-4-2-6-15(17)16-7-3-5-9-18(16)20/h2-9,13-14,19-20H,10-12H2,1H3,(H,24,29)(H,25,26)(H,27,28)/t13-,14+,19+/m1/s1. The fourth-order valence-electron chi connectivity index (χ4n) is 4.04. The van der Waals surface area contributed by atoms with Gasteiger partial charge in [-0.25, -0.2) is 4.79 Å². The summed E-state index contributed by atoms with van der Waals surface area (Å²) in [6.45, 7) is 1.99. The molecule has 2 amide bonds. The largest absolute Gasteiger partial charge is 0.480 e. The van der Waals surface area contributed by atoms with E-state index >= 15 is 0 Å². The van der Waals surface area contributed by atoms with Gasteiger partial charge in [0.1, 0.15) is 12.6 Å². The highest BCUT2D eigenvalue weighted by molar-refractivity contribution is 5.86. The van der Waals surface area contributed by atoms with E-state index in [2.05, 4.69) is 34.9 Å². The molecule has 2 aliphatic carbocycles. The Morgan fingerprint density at radius 1 is 1.07 bits per heavy atom. The monoisotopic (exact) mass is 408 g/mol. The van der Waals surface area contributed by atoms with Gasteiger partial charge in [-0.2, -0.15) is 0 Å². The van der Waals surface area contributed by atoms with Gasteiger partial charge in [-0.1, -0.05) is 48.5 Å². The Bertz CT molecular complexity index is 944. The molecule has 1 fully saturated rings. The van der Waals surface area contributed by atoms with Crippen molar-refractivity contribution in [2.24, 2.45) is 11.8 Å². The van der Waals surface area contributed by atoms with Crippen LogP contribution in [0, 0.1) is 11.8 Å². The molecule has 3 N–H and O–H groups in total. The van der Waals surface area contributed by atoms with Crippen molar-refractivity contribution in [3.8, 4) is 11.1 Å². The van der Waals surface area contributed by atoms with Crippen molar-refractivity contribution in [2.75, 3.05) is 13.2 Å². The number of carboxylic acid groups (broad SMARTS) is 1. The van der Waals surface area contributed by atoms with Crippen LogP contribution in [-0.2, 0) is 14.3 Å². The number of rotatable bonds is 7. The van der Waals surface area contributed by atoms with Gasteiger partial charge in [0, 0.05) is 18.4 Å². The lowest BCUT2D eigenvalue weighted by molar-refractivity contribution is -0.141. The first kappa shape index (κ1) is 19.9. The minimum atomic E-state index is -1.07. The fourth-order valence-corrected chi connectivity index (χ4v) is 4.04. The van der Waals surface area contributed by atoms with Gasteiger partial charge in [0.2, 0.25) is 5.91 Å². The van der Waals surface area contributed by atoms with E-state index in [1.807, 2.05) is 24.3 Å². The summed E-state index contributed by atoms with van der Waals surface area (Å²) in [5, 5.41) is 14.0. The van der Waals surface area contributed by atoms with Gasteiger partial charge < -0.3 is 20.5 Å². The highest BCUT2D eigenvalue weighted by Gasteiger charge is 2.43. The number of carbonyl (C=O) groups excluding carboxylic acids is 2. The van der Waals surface area contributed by atoms with Crippen molar-refractivity contribution in [1.82, 2.24) is 10.6 Å². The first-order valence-electron chi connectivity index (χ1n) is 10.1. The van der Waals surface area contributed by atoms with Crippen molar-refractivity contribution in [1.29, 1.82) is 0 Å². The van der Waals surface area contributed by atoms with Gasteiger partial charge in [0.05, 0.1) is 0 Å². The molecule has 2 aromatic rings. The van der Waals surface area contributed by atoms with E-state index in [4.69, 9.17) is 9.84 Å². The third-order valence-corrected chi connectivity index (χ3v) is 5.84. The molecule has 4 rings (SSSR count). The third kappa shape index (κ3) is 4.01. The molecule has 30 heavy (non-hydrogen) atoms. The zero-order valence-electron chi connectivity index (χ0n) is 16.6. The van der Waals surface area contributed by atoms with Crippen LogP contribution in [0.4, 0.5) is 4.79 Å². The number of ether oxygens (including phenoxy) is 1. The van der Waals surface area contributed by atoms with E-state index in [0.717, 1.165) is 11.1 Å². The van der Waals surface area contributed by atoms with Gasteiger partial charge in [-0.15, -0.1) is 0 Å². The highest BCUT2D eigenvalue weighted by Crippen LogP contribution is 2.44. The fraction of sp³-hybridized carbons (Fsp3) is 0.348. The molecule has 1 saturated carbocycles. The maximum atomic E-state index is 12.2. The molecule has 0 heterocycles. The minimum absolute atomic E-state index is 0.0000996. The molecule has 7 heteroatoms. The number of alkyl carbamates (subject to hydrolysis) is 1. The van der Waals surface area contributed by atoms with Crippen LogP contribution in [0.25, 0.3) is 11.1 Å². The quantitative estimate of drug-likeness (QED) is 0.653. The smallest absolute Gasteiger partial charge is 0.407 e. The predicted molar refractivity (Wildman–Crippen MR) is 110 cm³/mol. The first-order chi connectivity index (χ1) is 14.5. The van der Waals surface area contributed by atoms with Gasteiger partial charge in [0.15, 0.2) is 0 Å². The number of amides is 2. The second-order valence-electron chi connectivity index (χ2n) is 7.88. The molecule has 0 spiro atoms. The Hall–Kier alpha value is -3.35. The number of fused-ring (bicyclic) bond motifs is 3. The highest BCUT2D eigenvalue weighted by atomic mass is 16.5. The number of hydrogen-bond acceptors (Lipinski definition) is 4. The molecular weight excluding hydrogens is 384 g/mol. The van der Waals surface area contributed by atoms with Crippen LogP contribution >= 0.6 is 0 Å². The Morgan fingerprint density at radius 3 is 2.27 bits per heavy atom. The minimum Gasteiger partial charge on any atom is -0.480 e. The second-order valence-corrected chi connectivity index (χ2v) is 7.88. The molecule has 0 aromatic heterocycles. The van der Waals surface area contributed by atoms with Gasteiger partial charge in [-0.3, -0.25) is 9.59 Å². The van der Waals surface area contributed by atoms with Crippen LogP contribution in [0.15, 0.2) is 48.5 Å². The maximum absolute atomic E-state index is 12.2. The second kappa shape index (κ2) is 8.18. The van der Waals surface area contributed by atoms with E-state index < -0.39 is 18.1 Å². The van der Waals surface area contributed by atoms with Crippen LogP contribution in [0.1, 0.15) is 30.4 Å². The summed E-state index contributed by atoms with van der Waals surface area (Å²) in [6, 6.07) is 15.3. The van der Waals surface area contributed by atoms with Crippen molar-refractivity contribution in [3.05, 3.63) is 59.7 Å². The van der Waals surface area contributed by atoms with Gasteiger partial charge >= 0.3 is 12.1 Å². The Labute approximate surface area is 174 Å². The summed E-state index contributed by atoms with van der Waals surface area (Å²) in [6.07, 6.45) is 0.115. The Balaban J connectivity index is 1.27. The lowest BCUT2D eigenvalue weighted by atomic mass is 9.98. The summed E-state index contributed by atoms with van der Waals surface area (Å²) < 4.78 is 5.48. The predicted octanol–water partition coefficient (Wildman–Crippen LogP) is 2.75. The average molecular weight is 408 g/mol. The summed E-state index contributed by atoms with van der Waals surface area (Å²) in [5.41, 5.74) is 4.64. The average Bonchev–Trinajstić information content (AvgIpc) is 3.46. The van der Waals surface area contributed by atoms with E-state index in [9.17, 15) is 14.4 Å². The third-order valence-electron chi connectivity index (χ3n) is 5.84. The number of benzene rings is 2. The van der Waals surface area contributed by atoms with Gasteiger partial charge in [0.25, 0.3) is 0 Å². The molecule has 7 nitrogen and oxygen atoms in total. The number of carbonyl (C=O) groups is 3. The normalized spacial score (nSPS) is 19.9. The molecule has 0 aliphatic heterocycles. The molecule has 156 valence electrons. The number of aliphatic carboxylic acids is 1. The molecule has 0 unspecified atom stereocenters. The Kier molecular flexibility index (Phi) is 5.44. The van der Waals surface area contributed by atoms with Crippen molar-refractivity contribution in [3.63, 3.8) is 0 Å². The van der Waals surface area contributed by atoms with Crippen LogP contribution in [0.5, 0.6) is 0 Å². The molecule has 3 atom stereocenters. The molecule has 0 radical (unpaired) electrons. The van der Waals surface area contributed by atoms with Crippen molar-refractivity contribution >= 4 is 18.0 Å². The van der Waals surface area contributed by atoms with Crippen LogP contribution in [0.3, 0.4) is 0 Å². The SMILES string of the molecule is C[C@@H](NC(=O)[C@H]1C[C@H]1CNC(=O)OCC1c2ccccc2-c2ccccc21)C(=O)O. The van der Waals surface area contributed by atoms with Crippen LogP contribution < -0.4 is 10.6 Å². The Morgan fingerprint density at radius 2 is 1.67 bits per heavy atom. The molecule has 0 bridgehead atoms. The van der Waals surface area contributed by atoms with E-state index in [0.29, 0.717) is 13.0 Å². The van der Waals surface area contributed by atoms with Crippen molar-refractivity contribution < 1.29 is 24.2 Å². The topological polar surface area (TPSA) is 105 Å². The summed E-state index contributed by atoms with van der Waals surface area (Å²) in [5.74, 6) is -1.62. The summed E-state index contributed by atoms with van der Waals surface area (Å²) >= 11 is 0. The van der Waals surface area contributed by atoms with Gasteiger partial charge in [-0.05, 0) is 41.5 Å². The molecule has 2 aromatic carbocycles. The lowest BCUT2D eigenvalue weighted by Gasteiger charge is -2.14. The van der Waals surface area contributed by atoms with Crippen LogP contribution in [-0.4, -0.2) is 42.3 Å². The number of hydrogen-bond donors (Lipinski definition) is 3. The molecular formula is C23H24N2O5. The summed E-state index contributed by atoms with van der Waals surface area (Å²) in [7, 11) is 0. The van der Waals surface area contributed by atoms with Crippen LogP contribution in [0.2, 0.25) is 0 Å². The number of nitrogens with one attached hydrogen (secondary N) is 2. The van der Waals surface area contributed by atoms with E-state index in [1.54, 1.807) is 0 Å². The number of carboxylic acids is 1. The first-order valence-corrected chi connectivity index (χ1v) is 10.1. The zero-order valence-corrected chi connectivity index (χ0v) is 16.6. The zero-order chi connectivity index (χ0) is 21.3. The van der Waals surface area contributed by atoms with Crippen molar-refractivity contribution in [2.45, 2.75) is 25.3 Å².